The van der Waals surface area contributed by atoms with Crippen molar-refractivity contribution in [3.63, 3.8) is 0 Å². The van der Waals surface area contributed by atoms with Gasteiger partial charge in [-0.1, -0.05) is 18.7 Å². The predicted molar refractivity (Wildman–Crippen MR) is 93.1 cm³/mol. The molecule has 192 valence electrons. The summed E-state index contributed by atoms with van der Waals surface area (Å²) < 4.78 is 174. The maximum Gasteiger partial charge on any atom is 0.442 e. The van der Waals surface area contributed by atoms with E-state index in [0.717, 1.165) is 13.1 Å². The van der Waals surface area contributed by atoms with E-state index in [1.165, 1.54) is 0 Å². The molecule has 0 unspecified atom stereocenters. The van der Waals surface area contributed by atoms with Gasteiger partial charge in [0.05, 0.1) is 0 Å². The lowest BCUT2D eigenvalue weighted by molar-refractivity contribution is -0.377. The third-order valence-corrected chi connectivity index (χ3v) is 7.60. The standard InChI is InChI=1S/C18H14F12O3Si/c1-8(2)12(31)32-13(15(19,20)21,16(22,23)24)9-5-6-11-10(7-9)14(17(25,26)27,18(28,29)30)33-34(11,3)4/h5-7H,1H2,2-4H3. The van der Waals surface area contributed by atoms with Crippen LogP contribution in [0.2, 0.25) is 13.1 Å². The van der Waals surface area contributed by atoms with E-state index in [1.807, 2.05) is 0 Å². The maximum absolute atomic E-state index is 13.9. The molecule has 0 bridgehead atoms. The SMILES string of the molecule is C=C(C)C(=O)OC(c1ccc2c(c1)C(C(F)(F)F)(C(F)(F)F)O[Si]2(C)C)(C(F)(F)F)C(F)(F)F. The van der Waals surface area contributed by atoms with Gasteiger partial charge in [-0.05, 0) is 31.3 Å². The number of carbonyl (C=O) groups is 1. The lowest BCUT2D eigenvalue weighted by atomic mass is 9.85. The minimum Gasteiger partial charge on any atom is -0.431 e. The molecule has 1 heterocycles. The topological polar surface area (TPSA) is 35.5 Å². The van der Waals surface area contributed by atoms with E-state index < -0.39 is 78.1 Å². The Labute approximate surface area is 184 Å². The van der Waals surface area contributed by atoms with Crippen LogP contribution in [-0.2, 0) is 25.2 Å². The molecule has 34 heavy (non-hydrogen) atoms. The molecule has 1 aliphatic heterocycles. The van der Waals surface area contributed by atoms with Crippen molar-refractivity contribution in [2.45, 2.75) is 55.9 Å². The van der Waals surface area contributed by atoms with Crippen LogP contribution in [0.4, 0.5) is 52.7 Å². The lowest BCUT2D eigenvalue weighted by Gasteiger charge is -2.38. The van der Waals surface area contributed by atoms with Crippen LogP contribution in [-0.4, -0.2) is 39.0 Å². The molecule has 0 amide bonds. The van der Waals surface area contributed by atoms with Gasteiger partial charge < -0.3 is 9.16 Å². The molecule has 0 fully saturated rings. The van der Waals surface area contributed by atoms with Crippen molar-refractivity contribution in [1.29, 1.82) is 0 Å². The first kappa shape index (κ1) is 28.0. The fourth-order valence-electron chi connectivity index (χ4n) is 3.54. The summed E-state index contributed by atoms with van der Waals surface area (Å²) >= 11 is 0. The Hall–Kier alpha value is -2.23. The molecule has 1 aromatic rings. The molecule has 3 nitrogen and oxygen atoms in total. The maximum atomic E-state index is 13.9. The van der Waals surface area contributed by atoms with Crippen molar-refractivity contribution >= 4 is 19.5 Å². The molecule has 1 aliphatic rings. The average Bonchev–Trinajstić information content (AvgIpc) is 2.84. The zero-order valence-electron chi connectivity index (χ0n) is 17.2. The molecule has 0 aromatic heterocycles. The van der Waals surface area contributed by atoms with Crippen LogP contribution in [0.5, 0.6) is 0 Å². The zero-order valence-corrected chi connectivity index (χ0v) is 18.2. The van der Waals surface area contributed by atoms with Crippen LogP contribution in [0.25, 0.3) is 0 Å². The first-order valence-electron chi connectivity index (χ1n) is 8.88. The third kappa shape index (κ3) is 3.87. The van der Waals surface area contributed by atoms with E-state index in [4.69, 9.17) is 0 Å². The zero-order chi connectivity index (χ0) is 26.9. The molecule has 0 atom stereocenters. The van der Waals surface area contributed by atoms with Crippen molar-refractivity contribution in [1.82, 2.24) is 0 Å². The van der Waals surface area contributed by atoms with E-state index in [0.29, 0.717) is 6.92 Å². The van der Waals surface area contributed by atoms with Crippen LogP contribution >= 0.6 is 0 Å². The monoisotopic (exact) mass is 534 g/mol. The van der Waals surface area contributed by atoms with E-state index in [1.54, 1.807) is 0 Å². The van der Waals surface area contributed by atoms with Gasteiger partial charge in [-0.2, -0.15) is 52.7 Å². The highest BCUT2D eigenvalue weighted by atomic mass is 28.4. The summed E-state index contributed by atoms with van der Waals surface area (Å²) in [5.74, 6) is -2.24. The number of carbonyl (C=O) groups excluding carboxylic acids is 1. The van der Waals surface area contributed by atoms with Crippen LogP contribution in [0, 0.1) is 0 Å². The van der Waals surface area contributed by atoms with Gasteiger partial charge in [0, 0.05) is 16.7 Å². The van der Waals surface area contributed by atoms with Crippen molar-refractivity contribution in [3.05, 3.63) is 41.5 Å². The number of halogens is 12. The number of benzene rings is 1. The summed E-state index contributed by atoms with van der Waals surface area (Å²) in [5, 5.41) is -0.838. The summed E-state index contributed by atoms with van der Waals surface area (Å²) in [6.45, 7) is 5.23. The molecule has 0 radical (unpaired) electrons. The van der Waals surface area contributed by atoms with Gasteiger partial charge >= 0.3 is 36.3 Å². The van der Waals surface area contributed by atoms with E-state index in [9.17, 15) is 57.5 Å². The second-order valence-electron chi connectivity index (χ2n) is 7.90. The highest BCUT2D eigenvalue weighted by molar-refractivity contribution is 6.85. The van der Waals surface area contributed by atoms with Crippen molar-refractivity contribution in [2.24, 2.45) is 0 Å². The molecule has 0 saturated heterocycles. The summed E-state index contributed by atoms with van der Waals surface area (Å²) in [4.78, 5) is 11.7. The van der Waals surface area contributed by atoms with Crippen LogP contribution in [0.15, 0.2) is 30.4 Å². The Morgan fingerprint density at radius 2 is 1.35 bits per heavy atom. The van der Waals surface area contributed by atoms with Gasteiger partial charge in [-0.15, -0.1) is 0 Å². The number of fused-ring (bicyclic) bond motifs is 1. The Morgan fingerprint density at radius 3 is 1.71 bits per heavy atom. The first-order valence-corrected chi connectivity index (χ1v) is 11.8. The molecule has 16 heteroatoms. The minimum absolute atomic E-state index is 0.00640. The fourth-order valence-corrected chi connectivity index (χ4v) is 6.14. The highest BCUT2D eigenvalue weighted by Gasteiger charge is 2.79. The fraction of sp³-hybridized carbons (Fsp3) is 0.500. The second-order valence-corrected chi connectivity index (χ2v) is 11.7. The third-order valence-electron chi connectivity index (χ3n) is 5.05. The van der Waals surface area contributed by atoms with Gasteiger partial charge in [-0.25, -0.2) is 4.79 Å². The summed E-state index contributed by atoms with van der Waals surface area (Å²) in [7, 11) is -4.16. The number of ether oxygens (including phenoxy) is 1. The lowest BCUT2D eigenvalue weighted by Crippen LogP contribution is -2.58. The van der Waals surface area contributed by atoms with Crippen LogP contribution < -0.4 is 5.19 Å². The quantitative estimate of drug-likeness (QED) is 0.210. The highest BCUT2D eigenvalue weighted by Crippen LogP contribution is 2.59. The number of alkyl halides is 12. The number of esters is 1. The number of hydrogen-bond donors (Lipinski definition) is 0. The van der Waals surface area contributed by atoms with E-state index in [2.05, 4.69) is 15.7 Å². The van der Waals surface area contributed by atoms with Gasteiger partial charge in [0.2, 0.25) is 8.32 Å². The normalized spacial score (nSPS) is 18.4. The van der Waals surface area contributed by atoms with Crippen molar-refractivity contribution in [2.75, 3.05) is 0 Å². The Bertz CT molecular complexity index is 973. The predicted octanol–water partition coefficient (Wildman–Crippen LogP) is 5.89. The van der Waals surface area contributed by atoms with Crippen LogP contribution in [0.3, 0.4) is 0 Å². The van der Waals surface area contributed by atoms with Gasteiger partial charge in [0.1, 0.15) is 0 Å². The molecular weight excluding hydrogens is 520 g/mol. The van der Waals surface area contributed by atoms with Gasteiger partial charge in [-0.3, -0.25) is 0 Å². The largest absolute Gasteiger partial charge is 0.442 e. The molecule has 2 rings (SSSR count). The van der Waals surface area contributed by atoms with Crippen LogP contribution in [0.1, 0.15) is 18.1 Å². The molecule has 0 N–H and O–H groups in total. The number of hydrogen-bond acceptors (Lipinski definition) is 3. The average molecular weight is 534 g/mol. The van der Waals surface area contributed by atoms with Crippen molar-refractivity contribution < 1.29 is 66.6 Å². The van der Waals surface area contributed by atoms with Gasteiger partial charge in [0.25, 0.3) is 5.60 Å². The molecular formula is C18H14F12O3Si. The molecule has 0 spiro atoms. The Kier molecular flexibility index (Phi) is 6.29. The molecule has 0 saturated carbocycles. The smallest absolute Gasteiger partial charge is 0.431 e. The second kappa shape index (κ2) is 7.63. The molecule has 0 aliphatic carbocycles. The van der Waals surface area contributed by atoms with Crippen molar-refractivity contribution in [3.8, 4) is 0 Å². The first-order chi connectivity index (χ1) is 14.9. The Morgan fingerprint density at radius 1 is 0.912 bits per heavy atom. The van der Waals surface area contributed by atoms with Gasteiger partial charge in [0.15, 0.2) is 0 Å². The minimum atomic E-state index is -6.56. The molecule has 1 aromatic carbocycles. The summed E-state index contributed by atoms with van der Waals surface area (Å²) in [6.07, 6.45) is -25.8. The summed E-state index contributed by atoms with van der Waals surface area (Å²) in [6, 6.07) is -0.297. The Balaban J connectivity index is 3.06. The number of rotatable bonds is 3. The van der Waals surface area contributed by atoms with E-state index in [-0.39, 0.29) is 12.1 Å². The summed E-state index contributed by atoms with van der Waals surface area (Å²) in [5.41, 5.74) is -16.0. The van der Waals surface area contributed by atoms with E-state index >= 15 is 0 Å².